The molecule has 1 amide bonds. The maximum absolute atomic E-state index is 13.7. The number of hydrogen-bond acceptors (Lipinski definition) is 11. The number of carbonyl (C=O) groups is 1. The summed E-state index contributed by atoms with van der Waals surface area (Å²) in [5.74, 6) is 5.24. The molecule has 3 heterocycles. The van der Waals surface area contributed by atoms with Crippen molar-refractivity contribution in [3.05, 3.63) is 93.0 Å². The fourth-order valence-corrected chi connectivity index (χ4v) is 6.97. The van der Waals surface area contributed by atoms with Crippen LogP contribution in [-0.4, -0.2) is 74.8 Å². The van der Waals surface area contributed by atoms with Gasteiger partial charge in [-0.05, 0) is 60.7 Å². The first-order valence-corrected chi connectivity index (χ1v) is 16.1. The quantitative estimate of drug-likeness (QED) is 0.0549. The van der Waals surface area contributed by atoms with Crippen LogP contribution in [0.5, 0.6) is 0 Å². The Labute approximate surface area is 288 Å². The van der Waals surface area contributed by atoms with E-state index >= 15 is 0 Å². The highest BCUT2D eigenvalue weighted by Gasteiger charge is 2.75. The van der Waals surface area contributed by atoms with Gasteiger partial charge in [-0.25, -0.2) is 9.67 Å². The lowest BCUT2D eigenvalue weighted by Crippen LogP contribution is -2.41. The van der Waals surface area contributed by atoms with Crippen LogP contribution in [0.1, 0.15) is 42.1 Å². The lowest BCUT2D eigenvalue weighted by Gasteiger charge is -2.23. The lowest BCUT2D eigenvalue weighted by molar-refractivity contribution is -0.387. The number of fused-ring (bicyclic) bond motifs is 2. The summed E-state index contributed by atoms with van der Waals surface area (Å²) in [5, 5.41) is 46.7. The van der Waals surface area contributed by atoms with E-state index in [9.17, 15) is 29.5 Å². The van der Waals surface area contributed by atoms with Crippen molar-refractivity contribution in [3.63, 3.8) is 0 Å². The van der Waals surface area contributed by atoms with E-state index in [1.165, 1.54) is 24.1 Å². The van der Waals surface area contributed by atoms with Crippen LogP contribution in [-0.2, 0) is 17.8 Å². The zero-order valence-electron chi connectivity index (χ0n) is 26.5. The maximum atomic E-state index is 13.7. The molecule has 5 atom stereocenters. The second-order valence-corrected chi connectivity index (χ2v) is 12.6. The van der Waals surface area contributed by atoms with E-state index in [0.717, 1.165) is 23.3 Å². The molecule has 0 spiro atoms. The number of aliphatic hydroxyl groups is 2. The van der Waals surface area contributed by atoms with E-state index in [1.54, 1.807) is 10.8 Å². The van der Waals surface area contributed by atoms with Gasteiger partial charge in [-0.15, -0.1) is 5.10 Å². The summed E-state index contributed by atoms with van der Waals surface area (Å²) in [6.45, 7) is 0.380. The Morgan fingerprint density at radius 2 is 2.08 bits per heavy atom. The first-order chi connectivity index (χ1) is 24.1. The molecule has 2 saturated carbocycles. The van der Waals surface area contributed by atoms with E-state index in [-0.39, 0.29) is 17.1 Å². The van der Waals surface area contributed by atoms with Crippen molar-refractivity contribution < 1.29 is 24.3 Å². The Morgan fingerprint density at radius 3 is 2.88 bits per heavy atom. The highest BCUT2D eigenvalue weighted by Crippen LogP contribution is 2.67. The molecule has 5 aromatic rings. The number of anilines is 1. The van der Waals surface area contributed by atoms with E-state index in [2.05, 4.69) is 47.7 Å². The molecule has 0 bridgehead atoms. The number of nitrogens with zero attached hydrogens (tertiary/aromatic N) is 8. The fourth-order valence-electron chi connectivity index (χ4n) is 6.81. The number of aliphatic hydroxyl groups excluding tert-OH is 2. The first-order valence-electron chi connectivity index (χ1n) is 15.8. The van der Waals surface area contributed by atoms with Crippen LogP contribution in [0.3, 0.4) is 0 Å². The van der Waals surface area contributed by atoms with Crippen molar-refractivity contribution in [2.75, 3.05) is 12.4 Å². The second-order valence-electron chi connectivity index (χ2n) is 12.3. The fraction of sp³-hybridized carbons (Fsp3) is 0.333. The molecule has 2 fully saturated rings. The summed E-state index contributed by atoms with van der Waals surface area (Å²) in [6, 6.07) is 10.6. The highest BCUT2D eigenvalue weighted by molar-refractivity contribution is 6.28. The summed E-state index contributed by atoms with van der Waals surface area (Å²) in [4.78, 5) is 36.0. The van der Waals surface area contributed by atoms with Crippen LogP contribution in [0.4, 0.5) is 15.9 Å². The van der Waals surface area contributed by atoms with Crippen LogP contribution in [0.15, 0.2) is 55.0 Å². The van der Waals surface area contributed by atoms with Crippen molar-refractivity contribution in [3.8, 4) is 17.5 Å². The molecular formula is C33H30ClFN10O5. The van der Waals surface area contributed by atoms with Gasteiger partial charge in [-0.3, -0.25) is 14.9 Å². The SMILES string of the molecule is CNC(=O)[C@@]12C[C@@H]1[C@@H](n1cnc3c(NCc4cccc(C#CCCCc5cn(-c6ccc(F)c([N+](=O)[O-])c6)nn5)c4)nc(Cl)nc31)[C@H](O)[C@@H]2O. The number of nitrogens with one attached hydrogen (secondary N) is 2. The van der Waals surface area contributed by atoms with Gasteiger partial charge in [0.1, 0.15) is 6.10 Å². The van der Waals surface area contributed by atoms with Crippen molar-refractivity contribution in [2.24, 2.45) is 11.3 Å². The van der Waals surface area contributed by atoms with Gasteiger partial charge in [0.15, 0.2) is 17.0 Å². The largest absolute Gasteiger partial charge is 0.389 e. The Morgan fingerprint density at radius 1 is 1.24 bits per heavy atom. The molecular weight excluding hydrogens is 671 g/mol. The molecule has 0 saturated heterocycles. The third kappa shape index (κ3) is 5.89. The number of aromatic nitrogens is 7. The Kier molecular flexibility index (Phi) is 8.64. The van der Waals surface area contributed by atoms with Crippen LogP contribution in [0.2, 0.25) is 5.28 Å². The normalized spacial score (nSPS) is 22.1. The van der Waals surface area contributed by atoms with Gasteiger partial charge in [0.2, 0.25) is 17.0 Å². The zero-order valence-corrected chi connectivity index (χ0v) is 27.2. The number of unbranched alkanes of at least 4 members (excludes halogenated alkanes) is 1. The zero-order chi connectivity index (χ0) is 35.2. The van der Waals surface area contributed by atoms with E-state index < -0.39 is 40.1 Å². The maximum Gasteiger partial charge on any atom is 0.306 e. The van der Waals surface area contributed by atoms with Gasteiger partial charge in [0.05, 0.1) is 46.4 Å². The minimum absolute atomic E-state index is 0.0234. The molecule has 256 valence electrons. The molecule has 7 rings (SSSR count). The van der Waals surface area contributed by atoms with Gasteiger partial charge >= 0.3 is 5.69 Å². The molecule has 0 unspecified atom stereocenters. The predicted octanol–water partition coefficient (Wildman–Crippen LogP) is 3.12. The molecule has 17 heteroatoms. The summed E-state index contributed by atoms with van der Waals surface area (Å²) < 4.78 is 16.7. The van der Waals surface area contributed by atoms with Crippen molar-refractivity contribution in [2.45, 2.75) is 50.5 Å². The average molecular weight is 701 g/mol. The number of halogens is 2. The van der Waals surface area contributed by atoms with Crippen LogP contribution in [0.25, 0.3) is 16.9 Å². The standard InChI is InChI=1S/C33H30ClFN10O5/c1-36-31(48)33-14-22(33)26(27(46)28(33)47)43-17-38-25-29(39-32(34)40-30(25)43)37-15-19-8-5-7-18(12-19)6-3-2-4-9-20-16-44(42-41-20)21-10-11-23(35)24(13-21)45(49)50/h5,7-8,10-13,16-17,22,26-28,46-47H,2,4,9,14-15H2,1H3,(H,36,48)(H,37,39,40)/t22-,26-,27+,28+,33+/m1/s1. The number of amides is 1. The van der Waals surface area contributed by atoms with Crippen LogP contribution >= 0.6 is 11.6 Å². The molecule has 15 nitrogen and oxygen atoms in total. The first kappa shape index (κ1) is 33.0. The average Bonchev–Trinajstić information content (AvgIpc) is 3.33. The number of rotatable bonds is 10. The van der Waals surface area contributed by atoms with E-state index in [0.29, 0.717) is 60.6 Å². The number of benzene rings is 2. The van der Waals surface area contributed by atoms with Gasteiger partial charge < -0.3 is 25.4 Å². The third-order valence-electron chi connectivity index (χ3n) is 9.32. The van der Waals surface area contributed by atoms with Crippen LogP contribution in [0, 0.1) is 39.1 Å². The van der Waals surface area contributed by atoms with Crippen molar-refractivity contribution >= 4 is 40.2 Å². The predicted molar refractivity (Wildman–Crippen MR) is 178 cm³/mol. The van der Waals surface area contributed by atoms with E-state index in [1.807, 2.05) is 24.3 Å². The second kappa shape index (κ2) is 13.1. The number of carbonyl (C=O) groups excluding carboxylic acids is 1. The molecule has 2 aliphatic rings. The summed E-state index contributed by atoms with van der Waals surface area (Å²) in [6.07, 6.45) is 3.10. The van der Waals surface area contributed by atoms with Crippen molar-refractivity contribution in [1.29, 1.82) is 0 Å². The monoisotopic (exact) mass is 700 g/mol. The molecule has 0 radical (unpaired) electrons. The van der Waals surface area contributed by atoms with Crippen LogP contribution < -0.4 is 10.6 Å². The molecule has 2 aliphatic carbocycles. The minimum atomic E-state index is -1.22. The van der Waals surface area contributed by atoms with E-state index in [4.69, 9.17) is 11.6 Å². The van der Waals surface area contributed by atoms with Gasteiger partial charge in [-0.2, -0.15) is 14.4 Å². The molecule has 2 aromatic carbocycles. The topological polar surface area (TPSA) is 199 Å². The summed E-state index contributed by atoms with van der Waals surface area (Å²) in [5.41, 5.74) is 1.91. The molecule has 0 aliphatic heterocycles. The number of nitro groups is 1. The minimum Gasteiger partial charge on any atom is -0.389 e. The van der Waals surface area contributed by atoms with Gasteiger partial charge in [0, 0.05) is 37.6 Å². The Hall–Kier alpha value is -5.50. The number of nitro benzene ring substituents is 1. The molecule has 50 heavy (non-hydrogen) atoms. The Bertz CT molecular complexity index is 2200. The van der Waals surface area contributed by atoms with Gasteiger partial charge in [0.25, 0.3) is 0 Å². The Balaban J connectivity index is 0.971. The third-order valence-corrected chi connectivity index (χ3v) is 9.49. The lowest BCUT2D eigenvalue weighted by atomic mass is 9.98. The molecule has 3 aromatic heterocycles. The van der Waals surface area contributed by atoms with Gasteiger partial charge in [-0.1, -0.05) is 29.2 Å². The number of imidazole rings is 1. The number of aryl methyl sites for hydroxylation is 1. The number of hydrogen-bond donors (Lipinski definition) is 4. The smallest absolute Gasteiger partial charge is 0.306 e. The van der Waals surface area contributed by atoms with Crippen molar-refractivity contribution in [1.82, 2.24) is 39.8 Å². The molecule has 4 N–H and O–H groups in total. The summed E-state index contributed by atoms with van der Waals surface area (Å²) >= 11 is 6.31. The summed E-state index contributed by atoms with van der Waals surface area (Å²) in [7, 11) is 1.51. The highest BCUT2D eigenvalue weighted by atomic mass is 35.5.